The van der Waals surface area contributed by atoms with Gasteiger partial charge in [-0.1, -0.05) is 12.1 Å². The van der Waals surface area contributed by atoms with Crippen molar-refractivity contribution >= 4 is 27.7 Å². The summed E-state index contributed by atoms with van der Waals surface area (Å²) in [4.78, 5) is 19.4. The van der Waals surface area contributed by atoms with E-state index in [9.17, 15) is 4.79 Å². The van der Waals surface area contributed by atoms with Crippen molar-refractivity contribution in [1.82, 2.24) is 9.97 Å². The third-order valence-corrected chi connectivity index (χ3v) is 2.92. The Morgan fingerprint density at radius 1 is 1.33 bits per heavy atom. The predicted octanol–water partition coefficient (Wildman–Crippen LogP) is 2.79. The highest BCUT2D eigenvalue weighted by atomic mass is 79.9. The smallest absolute Gasteiger partial charge is 0.259 e. The van der Waals surface area contributed by atoms with E-state index in [4.69, 9.17) is 9.47 Å². The number of nitrogens with zero attached hydrogens (tertiary/aromatic N) is 2. The van der Waals surface area contributed by atoms with Crippen molar-refractivity contribution < 1.29 is 14.3 Å². The lowest BCUT2D eigenvalue weighted by atomic mass is 10.2. The number of carbonyl (C=O) groups excluding carboxylic acids is 1. The average Bonchev–Trinajstić information content (AvgIpc) is 2.47. The zero-order valence-corrected chi connectivity index (χ0v) is 13.2. The highest BCUT2D eigenvalue weighted by molar-refractivity contribution is 9.10. The molecule has 0 aliphatic heterocycles. The Morgan fingerprint density at radius 2 is 2.05 bits per heavy atom. The Morgan fingerprint density at radius 3 is 2.67 bits per heavy atom. The summed E-state index contributed by atoms with van der Waals surface area (Å²) in [6, 6.07) is 7.48. The van der Waals surface area contributed by atoms with Gasteiger partial charge in [0.2, 0.25) is 5.91 Å². The first-order chi connectivity index (χ1) is 10.1. The maximum absolute atomic E-state index is 11.1. The molecule has 1 aromatic heterocycles. The Balaban J connectivity index is 2.10. The largest absolute Gasteiger partial charge is 0.497 e. The number of rotatable bonds is 5. The van der Waals surface area contributed by atoms with E-state index in [1.807, 2.05) is 24.3 Å². The number of ether oxygens (including phenoxy) is 2. The molecule has 2 aromatic rings. The van der Waals surface area contributed by atoms with Crippen LogP contribution in [0.2, 0.25) is 0 Å². The lowest BCUT2D eigenvalue weighted by Gasteiger charge is -2.10. The molecule has 110 valence electrons. The number of carbonyl (C=O) groups is 1. The number of benzene rings is 1. The predicted molar refractivity (Wildman–Crippen MR) is 81.4 cm³/mol. The van der Waals surface area contributed by atoms with Crippen LogP contribution in [0, 0.1) is 0 Å². The van der Waals surface area contributed by atoms with Gasteiger partial charge < -0.3 is 14.8 Å². The normalized spacial score (nSPS) is 10.0. The summed E-state index contributed by atoms with van der Waals surface area (Å²) in [7, 11) is 1.61. The molecular weight excluding hydrogens is 338 g/mol. The molecule has 1 heterocycles. The van der Waals surface area contributed by atoms with Gasteiger partial charge in [0.05, 0.1) is 13.3 Å². The number of amides is 1. The van der Waals surface area contributed by atoms with Crippen molar-refractivity contribution in [2.24, 2.45) is 0 Å². The summed E-state index contributed by atoms with van der Waals surface area (Å²) >= 11 is 3.22. The van der Waals surface area contributed by atoms with Crippen LogP contribution in [0.25, 0.3) is 0 Å². The number of hydrogen-bond donors (Lipinski definition) is 1. The minimum Gasteiger partial charge on any atom is -0.497 e. The summed E-state index contributed by atoms with van der Waals surface area (Å²) in [5.74, 6) is 1.09. The van der Waals surface area contributed by atoms with E-state index >= 15 is 0 Å². The molecule has 0 aliphatic carbocycles. The number of hydrogen-bond acceptors (Lipinski definition) is 5. The summed E-state index contributed by atoms with van der Waals surface area (Å²) in [6.45, 7) is 1.71. The molecule has 0 radical (unpaired) electrons. The molecule has 1 amide bonds. The molecule has 0 aliphatic rings. The van der Waals surface area contributed by atoms with Gasteiger partial charge in [-0.2, -0.15) is 0 Å². The van der Waals surface area contributed by atoms with E-state index in [2.05, 4.69) is 31.2 Å². The van der Waals surface area contributed by atoms with Crippen LogP contribution in [-0.4, -0.2) is 23.0 Å². The molecule has 7 heteroatoms. The Kier molecular flexibility index (Phi) is 5.10. The minimum atomic E-state index is -0.235. The Bertz CT molecular complexity index is 632. The molecule has 0 saturated heterocycles. The summed E-state index contributed by atoms with van der Waals surface area (Å²) < 4.78 is 11.2. The molecule has 21 heavy (non-hydrogen) atoms. The van der Waals surface area contributed by atoms with E-state index < -0.39 is 0 Å². The van der Waals surface area contributed by atoms with Crippen molar-refractivity contribution in [3.05, 3.63) is 40.6 Å². The first kappa shape index (κ1) is 15.2. The molecule has 0 bridgehead atoms. The van der Waals surface area contributed by atoms with Crippen LogP contribution in [0.15, 0.2) is 35.1 Å². The third-order valence-electron chi connectivity index (χ3n) is 2.54. The maximum atomic E-state index is 11.1. The second kappa shape index (κ2) is 7.03. The minimum absolute atomic E-state index is 0.235. The standard InChI is InChI=1S/C14H14BrN3O3/c1-9(19)17-13-14(18-12(15)7-16-13)21-8-10-3-5-11(20-2)6-4-10/h3-7H,8H2,1-2H3,(H,16,17,19). The summed E-state index contributed by atoms with van der Waals surface area (Å²) in [6.07, 6.45) is 1.49. The third kappa shape index (κ3) is 4.42. The summed E-state index contributed by atoms with van der Waals surface area (Å²) in [5.41, 5.74) is 0.950. The zero-order chi connectivity index (χ0) is 15.2. The van der Waals surface area contributed by atoms with Crippen LogP contribution in [0.1, 0.15) is 12.5 Å². The molecule has 0 atom stereocenters. The van der Waals surface area contributed by atoms with E-state index in [-0.39, 0.29) is 11.8 Å². The molecule has 0 saturated carbocycles. The Hall–Kier alpha value is -2.15. The van der Waals surface area contributed by atoms with Crippen molar-refractivity contribution in [2.75, 3.05) is 12.4 Å². The lowest BCUT2D eigenvalue weighted by molar-refractivity contribution is -0.114. The second-order valence-corrected chi connectivity index (χ2v) is 4.98. The maximum Gasteiger partial charge on any atom is 0.259 e. The van der Waals surface area contributed by atoms with Gasteiger partial charge >= 0.3 is 0 Å². The molecule has 2 rings (SSSR count). The highest BCUT2D eigenvalue weighted by Gasteiger charge is 2.10. The number of anilines is 1. The van der Waals surface area contributed by atoms with Crippen molar-refractivity contribution in [3.63, 3.8) is 0 Å². The zero-order valence-electron chi connectivity index (χ0n) is 11.6. The number of nitrogens with one attached hydrogen (secondary N) is 1. The number of halogens is 1. The monoisotopic (exact) mass is 351 g/mol. The molecule has 0 spiro atoms. The molecular formula is C14H14BrN3O3. The Labute approximate surface area is 130 Å². The van der Waals surface area contributed by atoms with E-state index in [0.29, 0.717) is 17.0 Å². The van der Waals surface area contributed by atoms with E-state index in [0.717, 1.165) is 11.3 Å². The second-order valence-electron chi connectivity index (χ2n) is 4.16. The topological polar surface area (TPSA) is 73.3 Å². The van der Waals surface area contributed by atoms with Gasteiger partial charge in [-0.25, -0.2) is 9.97 Å². The van der Waals surface area contributed by atoms with Crippen LogP contribution in [-0.2, 0) is 11.4 Å². The van der Waals surface area contributed by atoms with Gasteiger partial charge in [-0.3, -0.25) is 4.79 Å². The first-order valence-corrected chi connectivity index (χ1v) is 6.93. The van der Waals surface area contributed by atoms with Gasteiger partial charge in [0.15, 0.2) is 5.82 Å². The molecule has 6 nitrogen and oxygen atoms in total. The molecule has 1 N–H and O–H groups in total. The SMILES string of the molecule is COc1ccc(COc2nc(Br)cnc2NC(C)=O)cc1. The van der Waals surface area contributed by atoms with Crippen LogP contribution in [0.4, 0.5) is 5.82 Å². The number of methoxy groups -OCH3 is 1. The van der Waals surface area contributed by atoms with Crippen molar-refractivity contribution in [1.29, 1.82) is 0 Å². The molecule has 0 unspecified atom stereocenters. The van der Waals surface area contributed by atoms with Crippen LogP contribution in [0.3, 0.4) is 0 Å². The molecule has 1 aromatic carbocycles. The fourth-order valence-electron chi connectivity index (χ4n) is 1.58. The van der Waals surface area contributed by atoms with Crippen molar-refractivity contribution in [3.8, 4) is 11.6 Å². The van der Waals surface area contributed by atoms with Gasteiger partial charge in [0.25, 0.3) is 5.88 Å². The van der Waals surface area contributed by atoms with Gasteiger partial charge in [-0.15, -0.1) is 0 Å². The van der Waals surface area contributed by atoms with Crippen LogP contribution in [0.5, 0.6) is 11.6 Å². The van der Waals surface area contributed by atoms with Crippen molar-refractivity contribution in [2.45, 2.75) is 13.5 Å². The van der Waals surface area contributed by atoms with Gasteiger partial charge in [0.1, 0.15) is 17.0 Å². The lowest BCUT2D eigenvalue weighted by Crippen LogP contribution is -2.10. The van der Waals surface area contributed by atoms with Crippen LogP contribution >= 0.6 is 15.9 Å². The van der Waals surface area contributed by atoms with Gasteiger partial charge in [-0.05, 0) is 33.6 Å². The fourth-order valence-corrected chi connectivity index (χ4v) is 1.84. The first-order valence-electron chi connectivity index (χ1n) is 6.14. The molecule has 0 fully saturated rings. The average molecular weight is 352 g/mol. The van der Waals surface area contributed by atoms with Gasteiger partial charge in [0, 0.05) is 6.92 Å². The quantitative estimate of drug-likeness (QED) is 0.896. The summed E-state index contributed by atoms with van der Waals surface area (Å²) in [5, 5.41) is 2.58. The highest BCUT2D eigenvalue weighted by Crippen LogP contribution is 2.22. The number of aromatic nitrogens is 2. The van der Waals surface area contributed by atoms with Crippen LogP contribution < -0.4 is 14.8 Å². The van der Waals surface area contributed by atoms with E-state index in [1.54, 1.807) is 7.11 Å². The van der Waals surface area contributed by atoms with E-state index in [1.165, 1.54) is 13.1 Å². The fraction of sp³-hybridized carbons (Fsp3) is 0.214.